The van der Waals surface area contributed by atoms with E-state index < -0.39 is 5.97 Å². The molecule has 0 aromatic heterocycles. The van der Waals surface area contributed by atoms with E-state index in [0.29, 0.717) is 23.8 Å². The molecular formula is C13H15ClN2O3. The summed E-state index contributed by atoms with van der Waals surface area (Å²) in [6.07, 6.45) is 0.169. The van der Waals surface area contributed by atoms with Gasteiger partial charge in [-0.2, -0.15) is 0 Å². The Morgan fingerprint density at radius 3 is 2.68 bits per heavy atom. The van der Waals surface area contributed by atoms with Crippen LogP contribution in [0, 0.1) is 5.92 Å². The Morgan fingerprint density at radius 2 is 2.05 bits per heavy atom. The molecule has 1 amide bonds. The lowest BCUT2D eigenvalue weighted by Crippen LogP contribution is -2.50. The topological polar surface area (TPSA) is 69.6 Å². The number of hydrogen-bond acceptors (Lipinski definition) is 3. The Kier molecular flexibility index (Phi) is 4.39. The number of nitrogens with one attached hydrogen (secondary N) is 1. The van der Waals surface area contributed by atoms with Gasteiger partial charge in [-0.05, 0) is 18.1 Å². The van der Waals surface area contributed by atoms with Crippen LogP contribution in [0.5, 0.6) is 0 Å². The molecule has 6 heteroatoms. The molecule has 0 spiro atoms. The summed E-state index contributed by atoms with van der Waals surface area (Å²) < 4.78 is 0. The number of para-hydroxylation sites is 1. The van der Waals surface area contributed by atoms with Gasteiger partial charge in [-0.3, -0.25) is 14.5 Å². The molecule has 5 nitrogen and oxygen atoms in total. The first kappa shape index (κ1) is 13.8. The zero-order chi connectivity index (χ0) is 13.8. The lowest BCUT2D eigenvalue weighted by Gasteiger charge is -2.37. The van der Waals surface area contributed by atoms with Crippen molar-refractivity contribution >= 4 is 29.2 Å². The van der Waals surface area contributed by atoms with Gasteiger partial charge in [0.05, 0.1) is 23.7 Å². The standard InChI is InChI=1S/C13H15ClN2O3/c14-10-3-1-2-4-11(10)15-12(17)8-16-6-9(7-16)5-13(18)19/h1-4,9H,5-8H2,(H,15,17)(H,18,19). The molecule has 0 radical (unpaired) electrons. The van der Waals surface area contributed by atoms with E-state index in [0.717, 1.165) is 0 Å². The number of amides is 1. The first-order valence-corrected chi connectivity index (χ1v) is 6.41. The van der Waals surface area contributed by atoms with Crippen LogP contribution in [-0.4, -0.2) is 41.5 Å². The number of nitrogens with zero attached hydrogens (tertiary/aromatic N) is 1. The minimum atomic E-state index is -0.787. The number of carboxylic acid groups (broad SMARTS) is 1. The van der Waals surface area contributed by atoms with Crippen LogP contribution in [0.1, 0.15) is 6.42 Å². The van der Waals surface area contributed by atoms with Gasteiger partial charge in [0.1, 0.15) is 0 Å². The average molecular weight is 283 g/mol. The Hall–Kier alpha value is -1.59. The molecule has 0 atom stereocenters. The van der Waals surface area contributed by atoms with Gasteiger partial charge in [0.15, 0.2) is 0 Å². The van der Waals surface area contributed by atoms with Crippen molar-refractivity contribution in [2.45, 2.75) is 6.42 Å². The van der Waals surface area contributed by atoms with Crippen molar-refractivity contribution in [1.29, 1.82) is 0 Å². The van der Waals surface area contributed by atoms with Crippen LogP contribution in [0.15, 0.2) is 24.3 Å². The van der Waals surface area contributed by atoms with Crippen molar-refractivity contribution in [3.8, 4) is 0 Å². The molecular weight excluding hydrogens is 268 g/mol. The third-order valence-electron chi connectivity index (χ3n) is 3.01. The molecule has 1 aliphatic heterocycles. The van der Waals surface area contributed by atoms with Crippen LogP contribution in [0.3, 0.4) is 0 Å². The van der Waals surface area contributed by atoms with Crippen molar-refractivity contribution in [1.82, 2.24) is 4.90 Å². The molecule has 1 saturated heterocycles. The fourth-order valence-corrected chi connectivity index (χ4v) is 2.32. The van der Waals surface area contributed by atoms with Gasteiger partial charge in [0.25, 0.3) is 0 Å². The zero-order valence-electron chi connectivity index (χ0n) is 10.3. The number of rotatable bonds is 5. The Bertz CT molecular complexity index is 487. The van der Waals surface area contributed by atoms with Crippen molar-refractivity contribution in [3.05, 3.63) is 29.3 Å². The number of likely N-dealkylation sites (tertiary alicyclic amines) is 1. The summed E-state index contributed by atoms with van der Waals surface area (Å²) in [5.74, 6) is -0.766. The van der Waals surface area contributed by atoms with Crippen molar-refractivity contribution < 1.29 is 14.7 Å². The van der Waals surface area contributed by atoms with Crippen LogP contribution in [-0.2, 0) is 9.59 Å². The monoisotopic (exact) mass is 282 g/mol. The van der Waals surface area contributed by atoms with Crippen LogP contribution >= 0.6 is 11.6 Å². The molecule has 102 valence electrons. The predicted octanol–water partition coefficient (Wildman–Crippen LogP) is 1.68. The third kappa shape index (κ3) is 3.94. The first-order valence-electron chi connectivity index (χ1n) is 6.03. The zero-order valence-corrected chi connectivity index (χ0v) is 11.1. The maximum Gasteiger partial charge on any atom is 0.303 e. The fourth-order valence-electron chi connectivity index (χ4n) is 2.14. The van der Waals surface area contributed by atoms with Gasteiger partial charge < -0.3 is 10.4 Å². The van der Waals surface area contributed by atoms with Gasteiger partial charge in [-0.15, -0.1) is 0 Å². The Labute approximate surface area is 116 Å². The quantitative estimate of drug-likeness (QED) is 0.862. The highest BCUT2D eigenvalue weighted by atomic mass is 35.5. The molecule has 19 heavy (non-hydrogen) atoms. The number of carboxylic acids is 1. The molecule has 1 fully saturated rings. The van der Waals surface area contributed by atoms with E-state index in [9.17, 15) is 9.59 Å². The van der Waals surface area contributed by atoms with Gasteiger partial charge in [-0.25, -0.2) is 0 Å². The summed E-state index contributed by atoms with van der Waals surface area (Å²) >= 11 is 5.94. The van der Waals surface area contributed by atoms with E-state index >= 15 is 0 Å². The lowest BCUT2D eigenvalue weighted by atomic mass is 9.96. The second-order valence-electron chi connectivity index (χ2n) is 4.69. The smallest absolute Gasteiger partial charge is 0.303 e. The van der Waals surface area contributed by atoms with Crippen molar-refractivity contribution in [2.75, 3.05) is 25.0 Å². The van der Waals surface area contributed by atoms with Gasteiger partial charge in [-0.1, -0.05) is 23.7 Å². The summed E-state index contributed by atoms with van der Waals surface area (Å²) in [7, 11) is 0. The number of carbonyl (C=O) groups excluding carboxylic acids is 1. The molecule has 0 bridgehead atoms. The third-order valence-corrected chi connectivity index (χ3v) is 3.34. The highest BCUT2D eigenvalue weighted by Crippen LogP contribution is 2.21. The number of halogens is 1. The second kappa shape index (κ2) is 6.04. The van der Waals surface area contributed by atoms with E-state index in [-0.39, 0.29) is 24.8 Å². The van der Waals surface area contributed by atoms with Gasteiger partial charge in [0.2, 0.25) is 5.91 Å². The summed E-state index contributed by atoms with van der Waals surface area (Å²) in [6.45, 7) is 1.58. The molecule has 1 aliphatic rings. The van der Waals surface area contributed by atoms with Crippen LogP contribution in [0.4, 0.5) is 5.69 Å². The minimum absolute atomic E-state index is 0.137. The predicted molar refractivity (Wildman–Crippen MR) is 72.3 cm³/mol. The highest BCUT2D eigenvalue weighted by Gasteiger charge is 2.29. The fraction of sp³-hybridized carbons (Fsp3) is 0.385. The molecule has 2 rings (SSSR count). The number of aliphatic carboxylic acids is 1. The molecule has 1 aromatic rings. The maximum absolute atomic E-state index is 11.8. The number of benzene rings is 1. The van der Waals surface area contributed by atoms with Gasteiger partial charge >= 0.3 is 5.97 Å². The van der Waals surface area contributed by atoms with E-state index in [1.54, 1.807) is 24.3 Å². The van der Waals surface area contributed by atoms with Crippen LogP contribution < -0.4 is 5.32 Å². The van der Waals surface area contributed by atoms with Crippen molar-refractivity contribution in [3.63, 3.8) is 0 Å². The number of anilines is 1. The average Bonchev–Trinajstić information content (AvgIpc) is 2.29. The summed E-state index contributed by atoms with van der Waals surface area (Å²) in [4.78, 5) is 24.2. The van der Waals surface area contributed by atoms with Crippen LogP contribution in [0.25, 0.3) is 0 Å². The SMILES string of the molecule is O=C(O)CC1CN(CC(=O)Nc2ccccc2Cl)C1. The Balaban J connectivity index is 1.75. The maximum atomic E-state index is 11.8. The largest absolute Gasteiger partial charge is 0.481 e. The Morgan fingerprint density at radius 1 is 1.37 bits per heavy atom. The molecule has 0 aliphatic carbocycles. The van der Waals surface area contributed by atoms with Crippen molar-refractivity contribution in [2.24, 2.45) is 5.92 Å². The molecule has 1 heterocycles. The summed E-state index contributed by atoms with van der Waals surface area (Å²) in [5.41, 5.74) is 0.594. The normalized spacial score (nSPS) is 15.8. The minimum Gasteiger partial charge on any atom is -0.481 e. The number of carbonyl (C=O) groups is 2. The molecule has 0 unspecified atom stereocenters. The van der Waals surface area contributed by atoms with E-state index in [1.165, 1.54) is 0 Å². The molecule has 2 N–H and O–H groups in total. The molecule has 1 aromatic carbocycles. The van der Waals surface area contributed by atoms with Gasteiger partial charge in [0, 0.05) is 13.1 Å². The summed E-state index contributed by atoms with van der Waals surface area (Å²) in [5, 5.41) is 11.9. The number of hydrogen-bond donors (Lipinski definition) is 2. The van der Waals surface area contributed by atoms with E-state index in [2.05, 4.69) is 5.32 Å². The first-order chi connectivity index (χ1) is 9.04. The van der Waals surface area contributed by atoms with E-state index in [1.807, 2.05) is 4.90 Å². The second-order valence-corrected chi connectivity index (χ2v) is 5.09. The summed E-state index contributed by atoms with van der Waals surface area (Å²) in [6, 6.07) is 7.05. The highest BCUT2D eigenvalue weighted by molar-refractivity contribution is 6.33. The van der Waals surface area contributed by atoms with E-state index in [4.69, 9.17) is 16.7 Å². The van der Waals surface area contributed by atoms with Crippen LogP contribution in [0.2, 0.25) is 5.02 Å². The lowest BCUT2D eigenvalue weighted by molar-refractivity contribution is -0.139. The molecule has 0 saturated carbocycles.